The van der Waals surface area contributed by atoms with Crippen LogP contribution in [0.5, 0.6) is 0 Å². The van der Waals surface area contributed by atoms with Crippen molar-refractivity contribution in [3.05, 3.63) is 0 Å². The van der Waals surface area contributed by atoms with E-state index in [4.69, 9.17) is 4.74 Å². The highest BCUT2D eigenvalue weighted by Crippen LogP contribution is 2.34. The van der Waals surface area contributed by atoms with Crippen molar-refractivity contribution in [2.75, 3.05) is 26.2 Å². The van der Waals surface area contributed by atoms with Crippen LogP contribution in [0.1, 0.15) is 45.4 Å². The number of aldehydes is 1. The van der Waals surface area contributed by atoms with Gasteiger partial charge in [0, 0.05) is 25.0 Å². The lowest BCUT2D eigenvalue weighted by Gasteiger charge is -2.37. The van der Waals surface area contributed by atoms with Gasteiger partial charge in [0.25, 0.3) is 0 Å². The minimum atomic E-state index is -0.0619. The molecule has 3 heteroatoms. The fourth-order valence-electron chi connectivity index (χ4n) is 3.23. The number of hydrogen-bond donors (Lipinski definition) is 0. The van der Waals surface area contributed by atoms with Crippen LogP contribution in [0.15, 0.2) is 0 Å². The average Bonchev–Trinajstić information content (AvgIpc) is 2.55. The molecule has 1 saturated heterocycles. The zero-order valence-corrected chi connectivity index (χ0v) is 11.0. The normalized spacial score (nSPS) is 30.8. The Kier molecular flexibility index (Phi) is 4.57. The van der Waals surface area contributed by atoms with Crippen LogP contribution in [-0.2, 0) is 9.53 Å². The van der Waals surface area contributed by atoms with Gasteiger partial charge in [-0.3, -0.25) is 4.90 Å². The molecule has 0 aromatic rings. The molecule has 98 valence electrons. The molecule has 1 unspecified atom stereocenters. The van der Waals surface area contributed by atoms with Gasteiger partial charge in [-0.05, 0) is 19.8 Å². The lowest BCUT2D eigenvalue weighted by atomic mass is 9.81. The first kappa shape index (κ1) is 13.0. The van der Waals surface area contributed by atoms with Crippen LogP contribution in [-0.4, -0.2) is 43.5 Å². The van der Waals surface area contributed by atoms with Gasteiger partial charge in [0.05, 0.1) is 12.7 Å². The van der Waals surface area contributed by atoms with E-state index in [1.807, 2.05) is 0 Å². The fraction of sp³-hybridized carbons (Fsp3) is 0.929. The number of carbonyl (C=O) groups is 1. The highest BCUT2D eigenvalue weighted by atomic mass is 16.5. The second-order valence-electron chi connectivity index (χ2n) is 5.81. The Bertz CT molecular complexity index is 247. The van der Waals surface area contributed by atoms with Gasteiger partial charge < -0.3 is 9.53 Å². The molecule has 2 fully saturated rings. The molecule has 2 rings (SSSR count). The van der Waals surface area contributed by atoms with Crippen LogP contribution in [0, 0.1) is 5.41 Å². The first-order chi connectivity index (χ1) is 8.24. The van der Waals surface area contributed by atoms with E-state index >= 15 is 0 Å². The van der Waals surface area contributed by atoms with E-state index in [1.54, 1.807) is 0 Å². The molecule has 0 bridgehead atoms. The maximum absolute atomic E-state index is 11.5. The second kappa shape index (κ2) is 5.96. The topological polar surface area (TPSA) is 29.5 Å². The molecule has 3 nitrogen and oxygen atoms in total. The van der Waals surface area contributed by atoms with Crippen LogP contribution in [0.4, 0.5) is 0 Å². The predicted molar refractivity (Wildman–Crippen MR) is 68.1 cm³/mol. The van der Waals surface area contributed by atoms with E-state index in [2.05, 4.69) is 11.8 Å². The Labute approximate surface area is 105 Å². The van der Waals surface area contributed by atoms with E-state index in [-0.39, 0.29) is 5.41 Å². The standard InChI is InChI=1S/C14H25NO2/c1-13-10-15(8-9-17-13)11-14(12-16)6-4-2-3-5-7-14/h12-13H,2-11H2,1H3. The van der Waals surface area contributed by atoms with Gasteiger partial charge in [-0.25, -0.2) is 0 Å². The van der Waals surface area contributed by atoms with Gasteiger partial charge in [-0.15, -0.1) is 0 Å². The third kappa shape index (κ3) is 3.52. The average molecular weight is 239 g/mol. The van der Waals surface area contributed by atoms with Crippen molar-refractivity contribution in [2.24, 2.45) is 5.41 Å². The Balaban J connectivity index is 1.94. The molecule has 0 aromatic carbocycles. The van der Waals surface area contributed by atoms with Crippen LogP contribution in [0.25, 0.3) is 0 Å². The number of carbonyl (C=O) groups excluding carboxylic acids is 1. The van der Waals surface area contributed by atoms with Crippen molar-refractivity contribution >= 4 is 6.29 Å². The molecule has 2 aliphatic rings. The summed E-state index contributed by atoms with van der Waals surface area (Å²) < 4.78 is 5.56. The summed E-state index contributed by atoms with van der Waals surface area (Å²) in [6, 6.07) is 0. The van der Waals surface area contributed by atoms with E-state index in [0.29, 0.717) is 6.10 Å². The van der Waals surface area contributed by atoms with Crippen LogP contribution in [0.3, 0.4) is 0 Å². The van der Waals surface area contributed by atoms with Gasteiger partial charge in [-0.1, -0.05) is 25.7 Å². The molecule has 17 heavy (non-hydrogen) atoms. The molecule has 0 spiro atoms. The smallest absolute Gasteiger partial charge is 0.127 e. The Hall–Kier alpha value is -0.410. The molecular formula is C14H25NO2. The van der Waals surface area contributed by atoms with Crippen molar-refractivity contribution in [3.63, 3.8) is 0 Å². The largest absolute Gasteiger partial charge is 0.376 e. The zero-order chi connectivity index (χ0) is 12.1. The summed E-state index contributed by atoms with van der Waals surface area (Å²) in [6.45, 7) is 5.85. The minimum absolute atomic E-state index is 0.0619. The predicted octanol–water partition coefficient (Wildman–Crippen LogP) is 2.25. The van der Waals surface area contributed by atoms with Crippen molar-refractivity contribution in [3.8, 4) is 0 Å². The minimum Gasteiger partial charge on any atom is -0.376 e. The monoisotopic (exact) mass is 239 g/mol. The molecule has 1 heterocycles. The van der Waals surface area contributed by atoms with E-state index in [1.165, 1.54) is 32.0 Å². The molecule has 0 radical (unpaired) electrons. The quantitative estimate of drug-likeness (QED) is 0.559. The Morgan fingerprint density at radius 2 is 2.00 bits per heavy atom. The lowest BCUT2D eigenvalue weighted by molar-refractivity contribution is -0.119. The molecule has 1 saturated carbocycles. The van der Waals surface area contributed by atoms with Crippen LogP contribution >= 0.6 is 0 Å². The number of morpholine rings is 1. The summed E-state index contributed by atoms with van der Waals surface area (Å²) in [4.78, 5) is 14.0. The maximum Gasteiger partial charge on any atom is 0.127 e. The molecule has 1 aliphatic carbocycles. The third-order valence-electron chi connectivity index (χ3n) is 4.21. The lowest BCUT2D eigenvalue weighted by Crippen LogP contribution is -2.47. The Morgan fingerprint density at radius 1 is 1.29 bits per heavy atom. The van der Waals surface area contributed by atoms with Gasteiger partial charge in [0.15, 0.2) is 0 Å². The molecule has 1 aliphatic heterocycles. The third-order valence-corrected chi connectivity index (χ3v) is 4.21. The molecule has 0 N–H and O–H groups in total. The van der Waals surface area contributed by atoms with Crippen molar-refractivity contribution in [1.29, 1.82) is 0 Å². The van der Waals surface area contributed by atoms with Gasteiger partial charge >= 0.3 is 0 Å². The van der Waals surface area contributed by atoms with Crippen molar-refractivity contribution < 1.29 is 9.53 Å². The number of nitrogens with zero attached hydrogens (tertiary/aromatic N) is 1. The number of rotatable bonds is 3. The summed E-state index contributed by atoms with van der Waals surface area (Å²) in [5, 5.41) is 0. The first-order valence-corrected chi connectivity index (χ1v) is 7.04. The van der Waals surface area contributed by atoms with Crippen molar-refractivity contribution in [2.45, 2.75) is 51.6 Å². The summed E-state index contributed by atoms with van der Waals surface area (Å²) in [5.41, 5.74) is -0.0619. The summed E-state index contributed by atoms with van der Waals surface area (Å²) in [6.07, 6.45) is 8.78. The summed E-state index contributed by atoms with van der Waals surface area (Å²) in [7, 11) is 0. The van der Waals surface area contributed by atoms with Crippen molar-refractivity contribution in [1.82, 2.24) is 4.90 Å². The highest BCUT2D eigenvalue weighted by Gasteiger charge is 2.33. The van der Waals surface area contributed by atoms with Gasteiger partial charge in [0.1, 0.15) is 6.29 Å². The van der Waals surface area contributed by atoms with Crippen LogP contribution < -0.4 is 0 Å². The van der Waals surface area contributed by atoms with Gasteiger partial charge in [-0.2, -0.15) is 0 Å². The molecule has 1 atom stereocenters. The summed E-state index contributed by atoms with van der Waals surface area (Å²) in [5.74, 6) is 0. The van der Waals surface area contributed by atoms with E-state index in [9.17, 15) is 4.79 Å². The SMILES string of the molecule is CC1CN(CC2(C=O)CCCCCC2)CCO1. The maximum atomic E-state index is 11.5. The Morgan fingerprint density at radius 3 is 2.59 bits per heavy atom. The summed E-state index contributed by atoms with van der Waals surface area (Å²) >= 11 is 0. The first-order valence-electron chi connectivity index (χ1n) is 7.04. The van der Waals surface area contributed by atoms with Gasteiger partial charge in [0.2, 0.25) is 0 Å². The van der Waals surface area contributed by atoms with E-state index in [0.717, 1.165) is 39.1 Å². The number of hydrogen-bond acceptors (Lipinski definition) is 3. The molecule has 0 amide bonds. The zero-order valence-electron chi connectivity index (χ0n) is 11.0. The van der Waals surface area contributed by atoms with E-state index < -0.39 is 0 Å². The highest BCUT2D eigenvalue weighted by molar-refractivity contribution is 5.59. The molecule has 0 aromatic heterocycles. The number of ether oxygens (including phenoxy) is 1. The van der Waals surface area contributed by atoms with Crippen LogP contribution in [0.2, 0.25) is 0 Å². The molecular weight excluding hydrogens is 214 g/mol. The fourth-order valence-corrected chi connectivity index (χ4v) is 3.23. The second-order valence-corrected chi connectivity index (χ2v) is 5.81.